The van der Waals surface area contributed by atoms with E-state index in [0.29, 0.717) is 17.9 Å². The van der Waals surface area contributed by atoms with E-state index in [2.05, 4.69) is 41.9 Å². The van der Waals surface area contributed by atoms with Crippen LogP contribution in [0, 0.1) is 12.8 Å². The van der Waals surface area contributed by atoms with Crippen LogP contribution in [-0.2, 0) is 11.2 Å². The Labute approximate surface area is 139 Å². The van der Waals surface area contributed by atoms with Gasteiger partial charge >= 0.3 is 0 Å². The number of likely N-dealkylation sites (tertiary alicyclic amines) is 1. The fourth-order valence-corrected chi connectivity index (χ4v) is 5.07. The number of fused-ring (bicyclic) bond motifs is 2. The minimum atomic E-state index is 0.654. The molecule has 2 aromatic rings. The van der Waals surface area contributed by atoms with Crippen molar-refractivity contribution in [2.75, 3.05) is 26.8 Å². The first kappa shape index (κ1) is 15.2. The third kappa shape index (κ3) is 2.41. The number of benzene rings is 1. The molecule has 1 fully saturated rings. The highest BCUT2D eigenvalue weighted by Gasteiger charge is 2.40. The van der Waals surface area contributed by atoms with Gasteiger partial charge in [0.2, 0.25) is 0 Å². The monoisotopic (exact) mass is 312 g/mol. The predicted octanol–water partition coefficient (Wildman–Crippen LogP) is 3.86. The molecular formula is C20H28N2O. The first-order chi connectivity index (χ1) is 11.2. The molecule has 3 nitrogen and oxygen atoms in total. The van der Waals surface area contributed by atoms with Crippen LogP contribution < -0.4 is 0 Å². The molecule has 1 aliphatic heterocycles. The van der Waals surface area contributed by atoms with Crippen molar-refractivity contribution in [1.82, 2.24) is 9.88 Å². The number of ether oxygens (including phenoxy) is 1. The number of aromatic nitrogens is 1. The van der Waals surface area contributed by atoms with Crippen molar-refractivity contribution in [2.45, 2.75) is 45.1 Å². The Bertz CT molecular complexity index is 705. The van der Waals surface area contributed by atoms with Crippen LogP contribution in [0.1, 0.15) is 42.5 Å². The quantitative estimate of drug-likeness (QED) is 0.928. The molecule has 1 aliphatic carbocycles. The number of nitrogens with zero attached hydrogens (tertiary/aromatic N) is 1. The molecule has 124 valence electrons. The highest BCUT2D eigenvalue weighted by molar-refractivity contribution is 5.89. The molecule has 0 amide bonds. The van der Waals surface area contributed by atoms with Crippen molar-refractivity contribution >= 4 is 10.9 Å². The van der Waals surface area contributed by atoms with E-state index in [1.807, 2.05) is 7.11 Å². The standard InChI is InChI=1S/C20H28N2O/c1-4-8-22-11-14(12-23-3)9-17-15-6-5-7-18-20(15)16(10-19(17)22)13(2)21-18/h5-7,14,17,19,21H,4,8-12H2,1-3H3/t14?,17-,19-/m1/s1. The van der Waals surface area contributed by atoms with E-state index < -0.39 is 0 Å². The summed E-state index contributed by atoms with van der Waals surface area (Å²) in [7, 11) is 1.84. The summed E-state index contributed by atoms with van der Waals surface area (Å²) in [6, 6.07) is 7.49. The van der Waals surface area contributed by atoms with E-state index >= 15 is 0 Å². The van der Waals surface area contributed by atoms with Crippen LogP contribution in [0.4, 0.5) is 0 Å². The SMILES string of the molecule is CCCN1CC(COC)C[C@@H]2c3cccc4[nH]c(C)c(c34)C[C@H]21. The number of aryl methyl sites for hydroxylation is 1. The van der Waals surface area contributed by atoms with Crippen LogP contribution >= 0.6 is 0 Å². The van der Waals surface area contributed by atoms with Gasteiger partial charge in [-0.1, -0.05) is 19.1 Å². The summed E-state index contributed by atoms with van der Waals surface area (Å²) in [5, 5.41) is 1.51. The maximum atomic E-state index is 5.50. The third-order valence-electron chi connectivity index (χ3n) is 5.91. The molecule has 23 heavy (non-hydrogen) atoms. The average molecular weight is 312 g/mol. The number of methoxy groups -OCH3 is 1. The van der Waals surface area contributed by atoms with E-state index in [9.17, 15) is 0 Å². The summed E-state index contributed by atoms with van der Waals surface area (Å²) in [5.41, 5.74) is 5.81. The summed E-state index contributed by atoms with van der Waals surface area (Å²) < 4.78 is 5.50. The van der Waals surface area contributed by atoms with Gasteiger partial charge in [0.25, 0.3) is 0 Å². The lowest BCUT2D eigenvalue weighted by Gasteiger charge is -2.47. The van der Waals surface area contributed by atoms with Crippen LogP contribution in [0.15, 0.2) is 18.2 Å². The zero-order chi connectivity index (χ0) is 16.0. The molecule has 1 aromatic heterocycles. The Morgan fingerprint density at radius 1 is 1.35 bits per heavy atom. The van der Waals surface area contributed by atoms with Gasteiger partial charge in [-0.05, 0) is 55.8 Å². The number of hydrogen-bond acceptors (Lipinski definition) is 2. The van der Waals surface area contributed by atoms with Gasteiger partial charge in [-0.2, -0.15) is 0 Å². The Balaban J connectivity index is 1.79. The summed E-state index contributed by atoms with van der Waals surface area (Å²) in [4.78, 5) is 6.35. The summed E-state index contributed by atoms with van der Waals surface area (Å²) in [6.07, 6.45) is 3.70. The molecule has 1 aromatic carbocycles. The fourth-order valence-electron chi connectivity index (χ4n) is 5.07. The van der Waals surface area contributed by atoms with Gasteiger partial charge in [-0.15, -0.1) is 0 Å². The van der Waals surface area contributed by atoms with Gasteiger partial charge in [0.1, 0.15) is 0 Å². The van der Waals surface area contributed by atoms with Crippen molar-refractivity contribution in [3.8, 4) is 0 Å². The van der Waals surface area contributed by atoms with E-state index in [0.717, 1.165) is 6.61 Å². The first-order valence-corrected chi connectivity index (χ1v) is 9.06. The Kier molecular flexibility index (Phi) is 3.94. The molecule has 1 N–H and O–H groups in total. The minimum Gasteiger partial charge on any atom is -0.384 e. The first-order valence-electron chi connectivity index (χ1n) is 9.06. The zero-order valence-corrected chi connectivity index (χ0v) is 14.6. The lowest BCUT2D eigenvalue weighted by atomic mass is 9.72. The molecule has 1 unspecified atom stereocenters. The zero-order valence-electron chi connectivity index (χ0n) is 14.6. The lowest BCUT2D eigenvalue weighted by molar-refractivity contribution is 0.0428. The maximum Gasteiger partial charge on any atom is 0.0502 e. The van der Waals surface area contributed by atoms with Crippen molar-refractivity contribution in [1.29, 1.82) is 0 Å². The lowest BCUT2D eigenvalue weighted by Crippen LogP contribution is -2.51. The van der Waals surface area contributed by atoms with Crippen LogP contribution in [0.25, 0.3) is 10.9 Å². The highest BCUT2D eigenvalue weighted by Crippen LogP contribution is 2.45. The van der Waals surface area contributed by atoms with Gasteiger partial charge in [0, 0.05) is 42.2 Å². The highest BCUT2D eigenvalue weighted by atomic mass is 16.5. The normalized spacial score (nSPS) is 27.3. The number of hydrogen-bond donors (Lipinski definition) is 1. The minimum absolute atomic E-state index is 0.654. The van der Waals surface area contributed by atoms with Crippen LogP contribution in [-0.4, -0.2) is 42.7 Å². The maximum absolute atomic E-state index is 5.50. The largest absolute Gasteiger partial charge is 0.384 e. The average Bonchev–Trinajstić information content (AvgIpc) is 2.86. The molecule has 0 saturated carbocycles. The van der Waals surface area contributed by atoms with Crippen LogP contribution in [0.5, 0.6) is 0 Å². The molecule has 2 heterocycles. The second-order valence-corrected chi connectivity index (χ2v) is 7.43. The van der Waals surface area contributed by atoms with Gasteiger partial charge in [-0.25, -0.2) is 0 Å². The van der Waals surface area contributed by atoms with E-state index in [4.69, 9.17) is 4.74 Å². The van der Waals surface area contributed by atoms with Crippen LogP contribution in [0.2, 0.25) is 0 Å². The van der Waals surface area contributed by atoms with Crippen LogP contribution in [0.3, 0.4) is 0 Å². The summed E-state index contributed by atoms with van der Waals surface area (Å²) >= 11 is 0. The molecule has 1 saturated heterocycles. The fraction of sp³-hybridized carbons (Fsp3) is 0.600. The Hall–Kier alpha value is -1.32. The second-order valence-electron chi connectivity index (χ2n) is 7.43. The van der Waals surface area contributed by atoms with Gasteiger partial charge in [0.05, 0.1) is 6.61 Å². The summed E-state index contributed by atoms with van der Waals surface area (Å²) in [6.45, 7) is 7.82. The van der Waals surface area contributed by atoms with E-state index in [1.54, 1.807) is 11.1 Å². The van der Waals surface area contributed by atoms with Crippen molar-refractivity contribution in [3.05, 3.63) is 35.0 Å². The molecule has 0 bridgehead atoms. The molecule has 2 aliphatic rings. The number of H-pyrrole nitrogens is 1. The van der Waals surface area contributed by atoms with Crippen molar-refractivity contribution < 1.29 is 4.74 Å². The number of aromatic amines is 1. The topological polar surface area (TPSA) is 28.3 Å². The molecular weight excluding hydrogens is 284 g/mol. The molecule has 0 spiro atoms. The number of rotatable bonds is 4. The summed E-state index contributed by atoms with van der Waals surface area (Å²) in [5.74, 6) is 1.31. The molecule has 3 heteroatoms. The van der Waals surface area contributed by atoms with Gasteiger partial charge in [-0.3, -0.25) is 4.90 Å². The van der Waals surface area contributed by atoms with Gasteiger partial charge < -0.3 is 9.72 Å². The van der Waals surface area contributed by atoms with E-state index in [1.165, 1.54) is 48.9 Å². The van der Waals surface area contributed by atoms with Crippen molar-refractivity contribution in [3.63, 3.8) is 0 Å². The smallest absolute Gasteiger partial charge is 0.0502 e. The van der Waals surface area contributed by atoms with E-state index in [-0.39, 0.29) is 0 Å². The Morgan fingerprint density at radius 2 is 2.22 bits per heavy atom. The molecule has 4 rings (SSSR count). The second kappa shape index (κ2) is 5.95. The molecule has 0 radical (unpaired) electrons. The number of piperidine rings is 1. The Morgan fingerprint density at radius 3 is 3.00 bits per heavy atom. The predicted molar refractivity (Wildman–Crippen MR) is 95.1 cm³/mol. The molecule has 3 atom stereocenters. The number of nitrogens with one attached hydrogen (secondary N) is 1. The third-order valence-corrected chi connectivity index (χ3v) is 5.91. The van der Waals surface area contributed by atoms with Crippen molar-refractivity contribution in [2.24, 2.45) is 5.92 Å². The van der Waals surface area contributed by atoms with Gasteiger partial charge in [0.15, 0.2) is 0 Å².